The third-order valence-corrected chi connectivity index (χ3v) is 6.01. The Morgan fingerprint density at radius 2 is 2.00 bits per heavy atom. The summed E-state index contributed by atoms with van der Waals surface area (Å²) in [6.45, 7) is 12.0. The summed E-state index contributed by atoms with van der Waals surface area (Å²) in [5.74, 6) is 0.909. The normalized spacial score (nSPS) is 29.6. The van der Waals surface area contributed by atoms with E-state index in [4.69, 9.17) is 4.74 Å². The Kier molecular flexibility index (Phi) is 10.1. The largest absolute Gasteiger partial charge is 0.378 e. The Morgan fingerprint density at radius 3 is 2.62 bits per heavy atom. The van der Waals surface area contributed by atoms with Gasteiger partial charge >= 0.3 is 0 Å². The average Bonchev–Trinajstić information content (AvgIpc) is 2.58. The van der Waals surface area contributed by atoms with E-state index in [2.05, 4.69) is 60.3 Å². The van der Waals surface area contributed by atoms with Crippen molar-refractivity contribution in [3.8, 4) is 0 Å². The monoisotopic (exact) mass is 481 g/mol. The lowest BCUT2D eigenvalue weighted by molar-refractivity contribution is -0.113. The van der Waals surface area contributed by atoms with E-state index in [1.54, 1.807) is 0 Å². The number of piperazine rings is 1. The molecule has 2 aliphatic rings. The molecule has 0 radical (unpaired) electrons. The first-order valence-corrected chi connectivity index (χ1v) is 9.86. The summed E-state index contributed by atoms with van der Waals surface area (Å²) in [4.78, 5) is 9.26. The van der Waals surface area contributed by atoms with Gasteiger partial charge in [-0.3, -0.25) is 9.89 Å². The zero-order chi connectivity index (χ0) is 18.4. The Hall–Kier alpha value is -0.120. The second-order valence-corrected chi connectivity index (χ2v) is 8.32. The van der Waals surface area contributed by atoms with Gasteiger partial charge in [0.15, 0.2) is 5.96 Å². The molecule has 2 fully saturated rings. The zero-order valence-electron chi connectivity index (χ0n) is 17.5. The second-order valence-electron chi connectivity index (χ2n) is 8.32. The minimum atomic E-state index is 0. The van der Waals surface area contributed by atoms with E-state index in [9.17, 15) is 0 Å². The van der Waals surface area contributed by atoms with Crippen LogP contribution < -0.4 is 10.6 Å². The van der Waals surface area contributed by atoms with Crippen molar-refractivity contribution in [1.29, 1.82) is 0 Å². The van der Waals surface area contributed by atoms with Crippen LogP contribution in [-0.4, -0.2) is 87.9 Å². The van der Waals surface area contributed by atoms with Crippen LogP contribution in [0.15, 0.2) is 4.99 Å². The van der Waals surface area contributed by atoms with E-state index in [0.29, 0.717) is 18.2 Å². The second kappa shape index (κ2) is 11.0. The van der Waals surface area contributed by atoms with E-state index in [1.165, 1.54) is 6.42 Å². The average molecular weight is 481 g/mol. The highest BCUT2D eigenvalue weighted by atomic mass is 127. The quantitative estimate of drug-likeness (QED) is 0.252. The van der Waals surface area contributed by atoms with Gasteiger partial charge in [-0.05, 0) is 26.9 Å². The molecule has 3 unspecified atom stereocenters. The lowest BCUT2D eigenvalue weighted by atomic mass is 9.64. The van der Waals surface area contributed by atoms with Crippen molar-refractivity contribution < 1.29 is 4.74 Å². The number of aliphatic imine (C=N–C) groups is 1. The number of rotatable bonds is 7. The van der Waals surface area contributed by atoms with Gasteiger partial charge in [0.2, 0.25) is 0 Å². The molecule has 2 N–H and O–H groups in total. The first-order valence-electron chi connectivity index (χ1n) is 9.86. The first-order chi connectivity index (χ1) is 11.9. The molecule has 154 valence electrons. The fourth-order valence-corrected chi connectivity index (χ4v) is 3.68. The molecule has 3 atom stereocenters. The molecule has 2 rings (SSSR count). The van der Waals surface area contributed by atoms with Gasteiger partial charge in [-0.15, -0.1) is 24.0 Å². The van der Waals surface area contributed by atoms with Gasteiger partial charge in [-0.1, -0.05) is 27.2 Å². The molecule has 0 bridgehead atoms. The number of unbranched alkanes of at least 4 members (excludes halogenated alkanes) is 1. The number of hydrogen-bond acceptors (Lipinski definition) is 4. The number of ether oxygens (including phenoxy) is 1. The molecule has 0 spiro atoms. The van der Waals surface area contributed by atoms with Gasteiger partial charge in [0.05, 0.1) is 6.10 Å². The summed E-state index contributed by atoms with van der Waals surface area (Å²) in [7, 11) is 6.26. The van der Waals surface area contributed by atoms with Gasteiger partial charge in [0.1, 0.15) is 0 Å². The van der Waals surface area contributed by atoms with Crippen molar-refractivity contribution in [3.63, 3.8) is 0 Å². The van der Waals surface area contributed by atoms with Crippen LogP contribution in [0.25, 0.3) is 0 Å². The molecule has 0 aromatic carbocycles. The standard InChI is InChI=1S/C19H39N5O.HI/c1-7-8-11-25-17-12-16(19(17,2)3)22-18(20-4)21-13-15-14-23(5)9-10-24(15)6;/h15-17H,7-14H2,1-6H3,(H2,20,21,22);1H. The Balaban J connectivity index is 0.00000338. The van der Waals surface area contributed by atoms with E-state index in [1.807, 2.05) is 7.05 Å². The van der Waals surface area contributed by atoms with Crippen LogP contribution in [0.4, 0.5) is 0 Å². The van der Waals surface area contributed by atoms with E-state index < -0.39 is 0 Å². The van der Waals surface area contributed by atoms with Crippen LogP contribution in [-0.2, 0) is 4.74 Å². The lowest BCUT2D eigenvalue weighted by Gasteiger charge is -2.52. The molecule has 1 aliphatic heterocycles. The Bertz CT molecular complexity index is 446. The van der Waals surface area contributed by atoms with E-state index in [-0.39, 0.29) is 29.4 Å². The number of halogens is 1. The molecule has 1 heterocycles. The number of nitrogens with zero attached hydrogens (tertiary/aromatic N) is 3. The molecule has 26 heavy (non-hydrogen) atoms. The van der Waals surface area contributed by atoms with Crippen molar-refractivity contribution in [2.75, 3.05) is 53.9 Å². The van der Waals surface area contributed by atoms with Gasteiger partial charge in [-0.2, -0.15) is 0 Å². The number of likely N-dealkylation sites (N-methyl/N-ethyl adjacent to an activating group) is 2. The lowest BCUT2D eigenvalue weighted by Crippen LogP contribution is -2.64. The Labute approximate surface area is 177 Å². The van der Waals surface area contributed by atoms with Gasteiger partial charge in [0, 0.05) is 57.3 Å². The minimum absolute atomic E-state index is 0. The summed E-state index contributed by atoms with van der Waals surface area (Å²) < 4.78 is 6.05. The maximum Gasteiger partial charge on any atom is 0.191 e. The first kappa shape index (κ1) is 23.9. The maximum atomic E-state index is 6.05. The van der Waals surface area contributed by atoms with Crippen LogP contribution in [0.5, 0.6) is 0 Å². The highest BCUT2D eigenvalue weighted by Gasteiger charge is 2.49. The van der Waals surface area contributed by atoms with E-state index in [0.717, 1.165) is 51.6 Å². The fraction of sp³-hybridized carbons (Fsp3) is 0.947. The molecule has 1 aliphatic carbocycles. The number of guanidine groups is 1. The van der Waals surface area contributed by atoms with Crippen LogP contribution in [0.2, 0.25) is 0 Å². The molecular formula is C19H40IN5O. The maximum absolute atomic E-state index is 6.05. The molecule has 1 saturated carbocycles. The molecule has 1 saturated heterocycles. The van der Waals surface area contributed by atoms with Gasteiger partial charge in [0.25, 0.3) is 0 Å². The predicted octanol–water partition coefficient (Wildman–Crippen LogP) is 2.00. The number of nitrogens with one attached hydrogen (secondary N) is 2. The van der Waals surface area contributed by atoms with Crippen molar-refractivity contribution in [3.05, 3.63) is 0 Å². The van der Waals surface area contributed by atoms with Crippen molar-refractivity contribution >= 4 is 29.9 Å². The van der Waals surface area contributed by atoms with Crippen molar-refractivity contribution in [2.45, 2.75) is 58.2 Å². The van der Waals surface area contributed by atoms with Crippen LogP contribution in [0.1, 0.15) is 40.0 Å². The van der Waals surface area contributed by atoms with Crippen molar-refractivity contribution in [1.82, 2.24) is 20.4 Å². The van der Waals surface area contributed by atoms with Gasteiger partial charge < -0.3 is 20.3 Å². The highest BCUT2D eigenvalue weighted by molar-refractivity contribution is 14.0. The van der Waals surface area contributed by atoms with Gasteiger partial charge in [-0.25, -0.2) is 0 Å². The van der Waals surface area contributed by atoms with Crippen LogP contribution >= 0.6 is 24.0 Å². The topological polar surface area (TPSA) is 52.1 Å². The molecular weight excluding hydrogens is 441 g/mol. The minimum Gasteiger partial charge on any atom is -0.378 e. The number of hydrogen-bond donors (Lipinski definition) is 2. The van der Waals surface area contributed by atoms with Crippen molar-refractivity contribution in [2.24, 2.45) is 10.4 Å². The molecule has 0 aromatic heterocycles. The fourth-order valence-electron chi connectivity index (χ4n) is 3.68. The Morgan fingerprint density at radius 1 is 1.27 bits per heavy atom. The van der Waals surface area contributed by atoms with E-state index >= 15 is 0 Å². The molecule has 0 amide bonds. The van der Waals surface area contributed by atoms with Crippen LogP contribution in [0.3, 0.4) is 0 Å². The molecule has 6 nitrogen and oxygen atoms in total. The SMILES string of the molecule is CCCCOC1CC(NC(=NC)NCC2CN(C)CCN2C)C1(C)C.I. The third-order valence-electron chi connectivity index (χ3n) is 6.01. The predicted molar refractivity (Wildman–Crippen MR) is 121 cm³/mol. The summed E-state index contributed by atoms with van der Waals surface area (Å²) in [5, 5.41) is 7.13. The summed E-state index contributed by atoms with van der Waals surface area (Å²) in [6.07, 6.45) is 3.75. The smallest absolute Gasteiger partial charge is 0.191 e. The third kappa shape index (κ3) is 6.21. The summed E-state index contributed by atoms with van der Waals surface area (Å²) in [5.41, 5.74) is 0.146. The molecule has 0 aromatic rings. The molecule has 7 heteroatoms. The van der Waals surface area contributed by atoms with Crippen LogP contribution in [0, 0.1) is 5.41 Å². The highest BCUT2D eigenvalue weighted by Crippen LogP contribution is 2.42. The summed E-state index contributed by atoms with van der Waals surface area (Å²) >= 11 is 0. The zero-order valence-corrected chi connectivity index (χ0v) is 19.9. The summed E-state index contributed by atoms with van der Waals surface area (Å²) in [6, 6.07) is 0.939.